The lowest BCUT2D eigenvalue weighted by molar-refractivity contribution is -0.130. The van der Waals surface area contributed by atoms with Crippen LogP contribution in [0.3, 0.4) is 0 Å². The van der Waals surface area contributed by atoms with Crippen LogP contribution in [-0.2, 0) is 11.2 Å². The number of anilines is 1. The molecule has 0 N–H and O–H groups in total. The number of hydrogen-bond acceptors (Lipinski definition) is 6. The highest BCUT2D eigenvalue weighted by Gasteiger charge is 2.22. The molecule has 4 rings (SSSR count). The molecule has 0 spiro atoms. The van der Waals surface area contributed by atoms with Crippen molar-refractivity contribution in [1.29, 1.82) is 0 Å². The minimum Gasteiger partial charge on any atom is -0.352 e. The Balaban J connectivity index is 1.40. The van der Waals surface area contributed by atoms with E-state index < -0.39 is 0 Å². The van der Waals surface area contributed by atoms with Crippen molar-refractivity contribution < 1.29 is 4.79 Å². The molecule has 0 bridgehead atoms. The van der Waals surface area contributed by atoms with E-state index in [0.29, 0.717) is 19.5 Å². The summed E-state index contributed by atoms with van der Waals surface area (Å²) in [5.41, 5.74) is 1.55. The summed E-state index contributed by atoms with van der Waals surface area (Å²) >= 11 is 0. The van der Waals surface area contributed by atoms with E-state index in [9.17, 15) is 4.79 Å². The van der Waals surface area contributed by atoms with E-state index in [1.54, 1.807) is 10.7 Å². The Hall–Kier alpha value is -3.03. The zero-order valence-corrected chi connectivity index (χ0v) is 14.0. The Morgan fingerprint density at radius 3 is 2.68 bits per heavy atom. The molecule has 0 atom stereocenters. The summed E-state index contributed by atoms with van der Waals surface area (Å²) in [7, 11) is 0. The van der Waals surface area contributed by atoms with Gasteiger partial charge in [-0.05, 0) is 31.2 Å². The van der Waals surface area contributed by atoms with Gasteiger partial charge >= 0.3 is 0 Å². The van der Waals surface area contributed by atoms with Crippen molar-refractivity contribution >= 4 is 17.4 Å². The molecule has 4 heterocycles. The predicted octanol–water partition coefficient (Wildman–Crippen LogP) is 0.719. The van der Waals surface area contributed by atoms with Crippen LogP contribution in [0.1, 0.15) is 11.5 Å². The van der Waals surface area contributed by atoms with Crippen LogP contribution in [-0.4, -0.2) is 61.8 Å². The molecule has 1 amide bonds. The highest BCUT2D eigenvalue weighted by molar-refractivity contribution is 5.78. The Morgan fingerprint density at radius 2 is 1.92 bits per heavy atom. The first kappa shape index (κ1) is 15.5. The molecule has 1 saturated heterocycles. The van der Waals surface area contributed by atoms with Gasteiger partial charge in [-0.3, -0.25) is 9.78 Å². The molecular weight excluding hydrogens is 318 g/mol. The maximum absolute atomic E-state index is 12.4. The monoisotopic (exact) mass is 337 g/mol. The first-order valence-corrected chi connectivity index (χ1v) is 8.32. The van der Waals surface area contributed by atoms with Crippen LogP contribution in [0.15, 0.2) is 36.5 Å². The zero-order valence-electron chi connectivity index (χ0n) is 14.0. The molecule has 3 aromatic rings. The van der Waals surface area contributed by atoms with Gasteiger partial charge < -0.3 is 9.80 Å². The van der Waals surface area contributed by atoms with Crippen LogP contribution < -0.4 is 4.90 Å². The van der Waals surface area contributed by atoms with Crippen LogP contribution in [0.4, 0.5) is 5.82 Å². The third-order valence-electron chi connectivity index (χ3n) is 4.42. The summed E-state index contributed by atoms with van der Waals surface area (Å²) in [5, 5.41) is 12.7. The van der Waals surface area contributed by atoms with Crippen molar-refractivity contribution in [2.75, 3.05) is 31.1 Å². The molecule has 0 aromatic carbocycles. The molecule has 3 aromatic heterocycles. The molecule has 1 aliphatic rings. The highest BCUT2D eigenvalue weighted by Crippen LogP contribution is 2.15. The number of fused-ring (bicyclic) bond motifs is 1. The summed E-state index contributed by atoms with van der Waals surface area (Å²) in [6.07, 6.45) is 2.07. The van der Waals surface area contributed by atoms with Gasteiger partial charge in [0.25, 0.3) is 0 Å². The van der Waals surface area contributed by atoms with Crippen molar-refractivity contribution in [1.82, 2.24) is 29.7 Å². The number of amides is 1. The summed E-state index contributed by atoms with van der Waals surface area (Å²) in [6.45, 7) is 4.77. The zero-order chi connectivity index (χ0) is 17.2. The molecule has 0 aliphatic carbocycles. The number of piperazine rings is 1. The van der Waals surface area contributed by atoms with Gasteiger partial charge in [-0.2, -0.15) is 4.52 Å². The quantitative estimate of drug-likeness (QED) is 0.701. The third kappa shape index (κ3) is 3.15. The van der Waals surface area contributed by atoms with Crippen molar-refractivity contribution in [2.45, 2.75) is 13.3 Å². The van der Waals surface area contributed by atoms with Crippen molar-refractivity contribution in [3.63, 3.8) is 0 Å². The van der Waals surface area contributed by atoms with E-state index >= 15 is 0 Å². The summed E-state index contributed by atoms with van der Waals surface area (Å²) < 4.78 is 1.74. The normalized spacial score (nSPS) is 14.9. The molecule has 25 heavy (non-hydrogen) atoms. The van der Waals surface area contributed by atoms with Gasteiger partial charge in [0.05, 0.1) is 6.42 Å². The van der Waals surface area contributed by atoms with E-state index in [1.165, 1.54) is 0 Å². The Morgan fingerprint density at radius 1 is 1.08 bits per heavy atom. The summed E-state index contributed by atoms with van der Waals surface area (Å²) in [5.74, 6) is 1.77. The van der Waals surface area contributed by atoms with Gasteiger partial charge in [-0.1, -0.05) is 6.07 Å². The number of carbonyl (C=O) groups is 1. The maximum Gasteiger partial charge on any atom is 0.228 e. The van der Waals surface area contributed by atoms with Crippen LogP contribution in [0.2, 0.25) is 0 Å². The number of nitrogens with zero attached hydrogens (tertiary/aromatic N) is 7. The topological polar surface area (TPSA) is 79.5 Å². The van der Waals surface area contributed by atoms with Gasteiger partial charge in [0.1, 0.15) is 5.82 Å². The average Bonchev–Trinajstić information content (AvgIpc) is 3.03. The second-order valence-electron chi connectivity index (χ2n) is 6.07. The first-order valence-electron chi connectivity index (χ1n) is 8.32. The Labute approximate surface area is 145 Å². The van der Waals surface area contributed by atoms with Crippen molar-refractivity contribution in [2.24, 2.45) is 0 Å². The summed E-state index contributed by atoms with van der Waals surface area (Å²) in [6, 6.07) is 9.51. The van der Waals surface area contributed by atoms with E-state index in [-0.39, 0.29) is 5.91 Å². The number of carbonyl (C=O) groups excluding carboxylic acids is 1. The fraction of sp³-hybridized carbons (Fsp3) is 0.353. The highest BCUT2D eigenvalue weighted by atomic mass is 16.2. The van der Waals surface area contributed by atoms with Crippen LogP contribution >= 0.6 is 0 Å². The third-order valence-corrected chi connectivity index (χ3v) is 4.42. The van der Waals surface area contributed by atoms with Crippen LogP contribution in [0, 0.1) is 6.92 Å². The molecular formula is C17H19N7O. The number of rotatable bonds is 3. The summed E-state index contributed by atoms with van der Waals surface area (Å²) in [4.78, 5) is 20.7. The fourth-order valence-corrected chi connectivity index (χ4v) is 3.01. The lowest BCUT2D eigenvalue weighted by atomic mass is 10.2. The maximum atomic E-state index is 12.4. The molecule has 8 heteroatoms. The van der Waals surface area contributed by atoms with Gasteiger partial charge in [-0.25, -0.2) is 0 Å². The lowest BCUT2D eigenvalue weighted by Gasteiger charge is -2.35. The lowest BCUT2D eigenvalue weighted by Crippen LogP contribution is -2.49. The standard InChI is InChI=1S/C17H19N7O/c1-13-19-20-15-5-6-16(21-24(13)15)22-8-10-23(11-9-22)17(25)12-14-4-2-3-7-18-14/h2-7H,8-12H2,1H3. The second-order valence-corrected chi connectivity index (χ2v) is 6.07. The van der Waals surface area contributed by atoms with Crippen LogP contribution in [0.25, 0.3) is 5.65 Å². The van der Waals surface area contributed by atoms with Gasteiger partial charge in [0, 0.05) is 38.1 Å². The number of pyridine rings is 1. The van der Waals surface area contributed by atoms with Crippen molar-refractivity contribution in [3.8, 4) is 0 Å². The molecule has 0 radical (unpaired) electrons. The Bertz CT molecular complexity index is 884. The number of aromatic nitrogens is 5. The number of hydrogen-bond donors (Lipinski definition) is 0. The first-order chi connectivity index (χ1) is 12.2. The minimum atomic E-state index is 0.122. The van der Waals surface area contributed by atoms with E-state index in [4.69, 9.17) is 0 Å². The molecule has 0 unspecified atom stereocenters. The molecule has 0 saturated carbocycles. The predicted molar refractivity (Wildman–Crippen MR) is 92.3 cm³/mol. The molecule has 128 valence electrons. The van der Waals surface area contributed by atoms with Gasteiger partial charge in [0.2, 0.25) is 5.91 Å². The van der Waals surface area contributed by atoms with Gasteiger partial charge in [-0.15, -0.1) is 15.3 Å². The molecule has 1 fully saturated rings. The number of aryl methyl sites for hydroxylation is 1. The molecule has 8 nitrogen and oxygen atoms in total. The average molecular weight is 337 g/mol. The van der Waals surface area contributed by atoms with Crippen LogP contribution in [0.5, 0.6) is 0 Å². The van der Waals surface area contributed by atoms with E-state index in [2.05, 4.69) is 25.2 Å². The van der Waals surface area contributed by atoms with Crippen molar-refractivity contribution in [3.05, 3.63) is 48.0 Å². The minimum absolute atomic E-state index is 0.122. The van der Waals surface area contributed by atoms with Gasteiger partial charge in [0.15, 0.2) is 11.5 Å². The molecule has 1 aliphatic heterocycles. The largest absolute Gasteiger partial charge is 0.352 e. The van der Waals surface area contributed by atoms with E-state index in [0.717, 1.165) is 36.1 Å². The smallest absolute Gasteiger partial charge is 0.228 e. The van der Waals surface area contributed by atoms with E-state index in [1.807, 2.05) is 42.2 Å². The SMILES string of the molecule is Cc1nnc2ccc(N3CCN(C(=O)Cc4ccccn4)CC3)nn12. The fourth-order valence-electron chi connectivity index (χ4n) is 3.01. The Kier molecular flexibility index (Phi) is 4.01. The second kappa shape index (κ2) is 6.46.